The van der Waals surface area contributed by atoms with E-state index in [1.54, 1.807) is 6.92 Å². The molecule has 1 heterocycles. The Kier molecular flexibility index (Phi) is 6.71. The summed E-state index contributed by atoms with van der Waals surface area (Å²) < 4.78 is 9.67. The zero-order valence-corrected chi connectivity index (χ0v) is 16.6. The van der Waals surface area contributed by atoms with Crippen LogP contribution >= 0.6 is 22.9 Å². The number of amides is 1. The van der Waals surface area contributed by atoms with Crippen LogP contribution in [0.1, 0.15) is 42.9 Å². The van der Waals surface area contributed by atoms with E-state index in [0.717, 1.165) is 23.5 Å². The minimum absolute atomic E-state index is 0.00199. The number of nitro groups is 1. The third-order valence-corrected chi connectivity index (χ3v) is 5.15. The molecular weight excluding hydrogens is 412 g/mol. The van der Waals surface area contributed by atoms with Crippen LogP contribution in [0.3, 0.4) is 0 Å². The number of thiophene rings is 1. The average Bonchev–Trinajstić information content (AvgIpc) is 2.97. The Bertz CT molecular complexity index is 971. The van der Waals surface area contributed by atoms with E-state index in [0.29, 0.717) is 0 Å². The first-order valence-electron chi connectivity index (χ1n) is 7.85. The van der Waals surface area contributed by atoms with Gasteiger partial charge < -0.3 is 14.8 Å². The first kappa shape index (κ1) is 21.3. The monoisotopic (exact) mass is 426 g/mol. The van der Waals surface area contributed by atoms with Crippen molar-refractivity contribution in [1.29, 1.82) is 0 Å². The van der Waals surface area contributed by atoms with Crippen LogP contribution in [0.5, 0.6) is 0 Å². The smallest absolute Gasteiger partial charge is 0.348 e. The number of non-ortho nitro benzene ring substituents is 1. The Morgan fingerprint density at radius 3 is 2.54 bits per heavy atom. The number of halogens is 1. The van der Waals surface area contributed by atoms with Crippen molar-refractivity contribution in [2.45, 2.75) is 13.8 Å². The summed E-state index contributed by atoms with van der Waals surface area (Å²) in [7, 11) is 1.19. The van der Waals surface area contributed by atoms with Crippen LogP contribution in [-0.2, 0) is 9.47 Å². The van der Waals surface area contributed by atoms with Gasteiger partial charge in [-0.3, -0.25) is 14.9 Å². The molecule has 0 saturated carbocycles. The number of nitro benzene ring substituents is 1. The molecule has 1 aromatic carbocycles. The van der Waals surface area contributed by atoms with Crippen LogP contribution in [0.25, 0.3) is 0 Å². The van der Waals surface area contributed by atoms with Crippen LogP contribution in [0.4, 0.5) is 10.7 Å². The Balaban J connectivity index is 2.49. The first-order chi connectivity index (χ1) is 13.2. The minimum atomic E-state index is -0.781. The molecule has 0 radical (unpaired) electrons. The van der Waals surface area contributed by atoms with E-state index in [4.69, 9.17) is 16.3 Å². The summed E-state index contributed by atoms with van der Waals surface area (Å²) in [6.45, 7) is 3.22. The van der Waals surface area contributed by atoms with E-state index in [-0.39, 0.29) is 43.9 Å². The number of methoxy groups -OCH3 is 1. The van der Waals surface area contributed by atoms with Gasteiger partial charge in [0, 0.05) is 12.1 Å². The average molecular weight is 427 g/mol. The third-order valence-electron chi connectivity index (χ3n) is 3.63. The molecule has 0 spiro atoms. The van der Waals surface area contributed by atoms with Crippen LogP contribution in [0, 0.1) is 17.0 Å². The summed E-state index contributed by atoms with van der Waals surface area (Å²) in [4.78, 5) is 47.3. The van der Waals surface area contributed by atoms with Gasteiger partial charge in [-0.2, -0.15) is 0 Å². The number of carbonyl (C=O) groups is 3. The molecule has 2 rings (SSSR count). The molecular formula is C17H15ClN2O7S. The van der Waals surface area contributed by atoms with Crippen LogP contribution < -0.4 is 5.32 Å². The Morgan fingerprint density at radius 1 is 1.29 bits per heavy atom. The number of nitrogens with zero attached hydrogens (tertiary/aromatic N) is 1. The zero-order valence-electron chi connectivity index (χ0n) is 15.0. The SMILES string of the molecule is CCOC(=O)c1c(NC(=O)c2cc([N+](=O)[O-])ccc2Cl)sc(C(=O)OC)c1C. The molecule has 0 unspecified atom stereocenters. The Labute approximate surface area is 168 Å². The van der Waals surface area contributed by atoms with Crippen LogP contribution in [0.15, 0.2) is 18.2 Å². The lowest BCUT2D eigenvalue weighted by Gasteiger charge is -2.08. The minimum Gasteiger partial charge on any atom is -0.465 e. The molecule has 0 saturated heterocycles. The van der Waals surface area contributed by atoms with Gasteiger partial charge in [-0.05, 0) is 25.5 Å². The number of rotatable bonds is 6. The quantitative estimate of drug-likeness (QED) is 0.422. The molecule has 28 heavy (non-hydrogen) atoms. The molecule has 2 aromatic rings. The van der Waals surface area contributed by atoms with Crippen LogP contribution in [-0.4, -0.2) is 36.5 Å². The standard InChI is InChI=1S/C17H15ClN2O7S/c1-4-27-16(22)12-8(2)13(17(23)26-3)28-15(12)19-14(21)10-7-9(20(24)25)5-6-11(10)18/h5-7H,4H2,1-3H3,(H,19,21). The fourth-order valence-electron chi connectivity index (χ4n) is 2.31. The highest BCUT2D eigenvalue weighted by molar-refractivity contribution is 7.18. The van der Waals surface area contributed by atoms with Crippen molar-refractivity contribution in [2.75, 3.05) is 19.0 Å². The van der Waals surface area contributed by atoms with E-state index in [9.17, 15) is 24.5 Å². The Morgan fingerprint density at radius 2 is 1.96 bits per heavy atom. The highest BCUT2D eigenvalue weighted by Crippen LogP contribution is 2.35. The molecule has 9 nitrogen and oxygen atoms in total. The highest BCUT2D eigenvalue weighted by Gasteiger charge is 2.28. The summed E-state index contributed by atoms with van der Waals surface area (Å²) in [6, 6.07) is 3.40. The topological polar surface area (TPSA) is 125 Å². The van der Waals surface area contributed by atoms with E-state index < -0.39 is 22.8 Å². The van der Waals surface area contributed by atoms with Gasteiger partial charge in [0.25, 0.3) is 11.6 Å². The molecule has 0 bridgehead atoms. The van der Waals surface area contributed by atoms with Crippen molar-refractivity contribution >= 4 is 51.5 Å². The van der Waals surface area contributed by atoms with Gasteiger partial charge in [0.1, 0.15) is 9.88 Å². The summed E-state index contributed by atoms with van der Waals surface area (Å²) in [6.07, 6.45) is 0. The highest BCUT2D eigenvalue weighted by atomic mass is 35.5. The third kappa shape index (κ3) is 4.29. The van der Waals surface area contributed by atoms with Gasteiger partial charge in [-0.15, -0.1) is 11.3 Å². The Hall–Kier alpha value is -2.98. The molecule has 1 N–H and O–H groups in total. The van der Waals surface area contributed by atoms with E-state index in [1.807, 2.05) is 0 Å². The number of nitrogens with one attached hydrogen (secondary N) is 1. The van der Waals surface area contributed by atoms with Gasteiger partial charge in [0.2, 0.25) is 0 Å². The number of anilines is 1. The lowest BCUT2D eigenvalue weighted by Crippen LogP contribution is -2.15. The number of ether oxygens (including phenoxy) is 2. The number of carbonyl (C=O) groups excluding carboxylic acids is 3. The number of hydrogen-bond donors (Lipinski definition) is 1. The van der Waals surface area contributed by atoms with Gasteiger partial charge in [-0.1, -0.05) is 11.6 Å². The summed E-state index contributed by atoms with van der Waals surface area (Å²) >= 11 is 6.81. The molecule has 11 heteroatoms. The number of hydrogen-bond acceptors (Lipinski definition) is 8. The molecule has 0 atom stereocenters. The first-order valence-corrected chi connectivity index (χ1v) is 9.04. The maximum atomic E-state index is 12.6. The fraction of sp³-hybridized carbons (Fsp3) is 0.235. The van der Waals surface area contributed by atoms with E-state index >= 15 is 0 Å². The lowest BCUT2D eigenvalue weighted by molar-refractivity contribution is -0.384. The van der Waals surface area contributed by atoms with Gasteiger partial charge >= 0.3 is 11.9 Å². The van der Waals surface area contributed by atoms with E-state index in [1.165, 1.54) is 20.1 Å². The lowest BCUT2D eigenvalue weighted by atomic mass is 10.1. The van der Waals surface area contributed by atoms with Crippen molar-refractivity contribution in [3.63, 3.8) is 0 Å². The molecule has 0 aliphatic heterocycles. The van der Waals surface area contributed by atoms with E-state index in [2.05, 4.69) is 10.1 Å². The molecule has 0 fully saturated rings. The largest absolute Gasteiger partial charge is 0.465 e. The molecule has 0 aliphatic rings. The predicted octanol–water partition coefficient (Wildman–Crippen LogP) is 3.83. The summed E-state index contributed by atoms with van der Waals surface area (Å²) in [5.41, 5.74) is -0.188. The van der Waals surface area contributed by atoms with Gasteiger partial charge in [0.05, 0.1) is 34.8 Å². The van der Waals surface area contributed by atoms with Crippen LogP contribution in [0.2, 0.25) is 5.02 Å². The second kappa shape index (κ2) is 8.81. The van der Waals surface area contributed by atoms with Crippen molar-refractivity contribution in [3.8, 4) is 0 Å². The normalized spacial score (nSPS) is 10.3. The van der Waals surface area contributed by atoms with Crippen molar-refractivity contribution in [2.24, 2.45) is 0 Å². The molecule has 1 aromatic heterocycles. The number of benzene rings is 1. The molecule has 0 aliphatic carbocycles. The van der Waals surface area contributed by atoms with Crippen molar-refractivity contribution < 1.29 is 28.8 Å². The second-order valence-electron chi connectivity index (χ2n) is 5.35. The van der Waals surface area contributed by atoms with Gasteiger partial charge in [-0.25, -0.2) is 9.59 Å². The second-order valence-corrected chi connectivity index (χ2v) is 6.78. The van der Waals surface area contributed by atoms with Gasteiger partial charge in [0.15, 0.2) is 0 Å². The maximum absolute atomic E-state index is 12.6. The number of esters is 2. The predicted molar refractivity (Wildman–Crippen MR) is 102 cm³/mol. The summed E-state index contributed by atoms with van der Waals surface area (Å²) in [5, 5.41) is 13.4. The van der Waals surface area contributed by atoms with Crippen molar-refractivity contribution in [3.05, 3.63) is 54.9 Å². The summed E-state index contributed by atoms with van der Waals surface area (Å²) in [5.74, 6) is -2.19. The molecule has 148 valence electrons. The maximum Gasteiger partial charge on any atom is 0.348 e. The molecule has 1 amide bonds. The van der Waals surface area contributed by atoms with Crippen molar-refractivity contribution in [1.82, 2.24) is 0 Å². The fourth-order valence-corrected chi connectivity index (χ4v) is 3.62. The zero-order chi connectivity index (χ0) is 21.0.